The average Bonchev–Trinajstić information content (AvgIpc) is 3.54. The van der Waals surface area contributed by atoms with Gasteiger partial charge >= 0.3 is 11.9 Å². The number of aromatic nitrogens is 2. The van der Waals surface area contributed by atoms with E-state index in [0.29, 0.717) is 31.9 Å². The molecule has 2 heterocycles. The lowest BCUT2D eigenvalue weighted by molar-refractivity contribution is -0.144. The van der Waals surface area contributed by atoms with Crippen molar-refractivity contribution >= 4 is 68.5 Å². The fourth-order valence-corrected chi connectivity index (χ4v) is 6.75. The normalized spacial score (nSPS) is 16.4. The average molecular weight is 624 g/mol. The molecule has 2 fully saturated rings. The topological polar surface area (TPSA) is 118 Å². The van der Waals surface area contributed by atoms with Crippen LogP contribution in [0.2, 0.25) is 10.0 Å². The molecular formula is C33H32Cl2N2O6. The third-order valence-electron chi connectivity index (χ3n) is 8.59. The van der Waals surface area contributed by atoms with Gasteiger partial charge in [0.15, 0.2) is 23.1 Å². The Kier molecular flexibility index (Phi) is 8.59. The summed E-state index contributed by atoms with van der Waals surface area (Å²) in [4.78, 5) is 59.4. The molecule has 0 bridgehead atoms. The molecule has 2 aromatic heterocycles. The molecule has 2 N–H and O–H groups in total. The predicted octanol–water partition coefficient (Wildman–Crippen LogP) is 8.38. The Labute approximate surface area is 258 Å². The van der Waals surface area contributed by atoms with Crippen molar-refractivity contribution in [1.29, 1.82) is 0 Å². The zero-order valence-electron chi connectivity index (χ0n) is 23.6. The van der Waals surface area contributed by atoms with Crippen molar-refractivity contribution in [1.82, 2.24) is 9.97 Å². The van der Waals surface area contributed by atoms with Gasteiger partial charge in [-0.25, -0.2) is 0 Å². The van der Waals surface area contributed by atoms with E-state index in [9.17, 15) is 19.2 Å². The fraction of sp³-hybridized carbons (Fsp3) is 0.394. The van der Waals surface area contributed by atoms with Gasteiger partial charge in [-0.3, -0.25) is 19.2 Å². The largest absolute Gasteiger partial charge is 0.423 e. The number of ketones is 2. The van der Waals surface area contributed by atoms with Crippen molar-refractivity contribution in [2.75, 3.05) is 0 Å². The summed E-state index contributed by atoms with van der Waals surface area (Å²) in [5.74, 6) is -2.21. The Bertz CT molecular complexity index is 1600. The van der Waals surface area contributed by atoms with Crippen LogP contribution in [0.25, 0.3) is 21.8 Å². The van der Waals surface area contributed by atoms with Crippen LogP contribution in [0, 0.1) is 11.8 Å². The van der Waals surface area contributed by atoms with Crippen LogP contribution >= 0.6 is 23.2 Å². The molecule has 0 unspecified atom stereocenters. The lowest BCUT2D eigenvalue weighted by Crippen LogP contribution is -2.22. The fourth-order valence-electron chi connectivity index (χ4n) is 6.40. The van der Waals surface area contributed by atoms with E-state index in [-0.39, 0.29) is 46.3 Å². The summed E-state index contributed by atoms with van der Waals surface area (Å²) in [7, 11) is 0. The van der Waals surface area contributed by atoms with Crippen LogP contribution < -0.4 is 9.47 Å². The molecule has 2 aliphatic carbocycles. The molecule has 0 radical (unpaired) electrons. The van der Waals surface area contributed by atoms with E-state index < -0.39 is 18.4 Å². The Morgan fingerprint density at radius 1 is 0.628 bits per heavy atom. The van der Waals surface area contributed by atoms with Crippen LogP contribution in [0.15, 0.2) is 36.4 Å². The first-order chi connectivity index (χ1) is 20.8. The number of H-pyrrole nitrogens is 2. The Morgan fingerprint density at radius 2 is 1.02 bits per heavy atom. The van der Waals surface area contributed by atoms with Crippen LogP contribution in [0.3, 0.4) is 0 Å². The second kappa shape index (κ2) is 12.5. The third kappa shape index (κ3) is 6.22. The lowest BCUT2D eigenvalue weighted by Gasteiger charge is -2.20. The van der Waals surface area contributed by atoms with Gasteiger partial charge in [0.2, 0.25) is 0 Å². The number of Topliss-reactive ketones (excluding diaryl/α,β-unsaturated/α-hetero) is 2. The molecule has 0 spiro atoms. The van der Waals surface area contributed by atoms with Gasteiger partial charge in [-0.1, -0.05) is 61.7 Å². The number of rotatable bonds is 8. The minimum atomic E-state index is -0.887. The monoisotopic (exact) mass is 622 g/mol. The Morgan fingerprint density at radius 3 is 1.42 bits per heavy atom. The molecular weight excluding hydrogens is 591 g/mol. The van der Waals surface area contributed by atoms with E-state index in [1.54, 1.807) is 36.4 Å². The van der Waals surface area contributed by atoms with Crippen molar-refractivity contribution in [3.63, 3.8) is 0 Å². The zero-order chi connectivity index (χ0) is 30.1. The maximum atomic E-state index is 13.5. The van der Waals surface area contributed by atoms with Gasteiger partial charge in [0, 0.05) is 32.7 Å². The number of fused-ring (bicyclic) bond motifs is 2. The second-order valence-corrected chi connectivity index (χ2v) is 12.4. The summed E-state index contributed by atoms with van der Waals surface area (Å²) >= 11 is 12.4. The lowest BCUT2D eigenvalue weighted by atomic mass is 9.85. The first-order valence-corrected chi connectivity index (χ1v) is 15.7. The van der Waals surface area contributed by atoms with E-state index >= 15 is 0 Å². The van der Waals surface area contributed by atoms with Crippen LogP contribution in [0.1, 0.15) is 91.6 Å². The quantitative estimate of drug-likeness (QED) is 0.116. The van der Waals surface area contributed by atoms with E-state index in [0.717, 1.165) is 64.2 Å². The number of hydrogen-bond acceptors (Lipinski definition) is 6. The maximum Gasteiger partial charge on any atom is 0.322 e. The number of carbonyl (C=O) groups is 4. The Balaban J connectivity index is 1.24. The van der Waals surface area contributed by atoms with E-state index in [2.05, 4.69) is 9.97 Å². The molecule has 4 aromatic rings. The zero-order valence-corrected chi connectivity index (χ0v) is 25.1. The molecule has 0 atom stereocenters. The molecule has 6 rings (SSSR count). The summed E-state index contributed by atoms with van der Waals surface area (Å²) in [6.45, 7) is 0. The first kappa shape index (κ1) is 29.5. The number of halogens is 2. The molecule has 8 nitrogen and oxygen atoms in total. The summed E-state index contributed by atoms with van der Waals surface area (Å²) in [6, 6.07) is 9.96. The number of carbonyl (C=O) groups excluding carboxylic acids is 4. The van der Waals surface area contributed by atoms with E-state index in [4.69, 9.17) is 32.7 Å². The van der Waals surface area contributed by atoms with Gasteiger partial charge in [-0.15, -0.1) is 0 Å². The van der Waals surface area contributed by atoms with Crippen molar-refractivity contribution in [2.24, 2.45) is 11.8 Å². The first-order valence-electron chi connectivity index (χ1n) is 14.9. The van der Waals surface area contributed by atoms with Crippen LogP contribution in [-0.4, -0.2) is 33.5 Å². The highest BCUT2D eigenvalue weighted by Crippen LogP contribution is 2.38. The molecule has 224 valence electrons. The summed E-state index contributed by atoms with van der Waals surface area (Å²) in [5.41, 5.74) is 1.50. The summed E-state index contributed by atoms with van der Waals surface area (Å²) in [6.07, 6.45) is 8.40. The van der Waals surface area contributed by atoms with Crippen LogP contribution in [0.4, 0.5) is 0 Å². The number of esters is 2. The maximum absolute atomic E-state index is 13.5. The number of nitrogens with one attached hydrogen (secondary N) is 2. The molecule has 0 aliphatic heterocycles. The van der Waals surface area contributed by atoms with Gasteiger partial charge < -0.3 is 19.4 Å². The summed E-state index contributed by atoms with van der Waals surface area (Å²) in [5, 5.41) is 1.95. The molecule has 10 heteroatoms. The minimum Gasteiger partial charge on any atom is -0.423 e. The van der Waals surface area contributed by atoms with Crippen LogP contribution in [-0.2, 0) is 9.59 Å². The highest BCUT2D eigenvalue weighted by atomic mass is 35.5. The van der Waals surface area contributed by atoms with Gasteiger partial charge in [0.25, 0.3) is 0 Å². The van der Waals surface area contributed by atoms with Crippen molar-refractivity contribution < 1.29 is 28.7 Å². The summed E-state index contributed by atoms with van der Waals surface area (Å²) < 4.78 is 11.4. The highest BCUT2D eigenvalue weighted by Gasteiger charge is 2.31. The number of benzene rings is 2. The molecule has 2 saturated carbocycles. The Hall–Kier alpha value is -3.62. The van der Waals surface area contributed by atoms with Gasteiger partial charge in [0.1, 0.15) is 17.8 Å². The minimum absolute atomic E-state index is 0.0786. The van der Waals surface area contributed by atoms with Gasteiger partial charge in [-0.05, 0) is 62.1 Å². The third-order valence-corrected chi connectivity index (χ3v) is 9.06. The van der Waals surface area contributed by atoms with Crippen molar-refractivity contribution in [3.05, 3.63) is 57.8 Å². The standard InChI is InChI=1S/C33H32Cl2N2O6/c34-20-11-13-22-24(15-20)36-28(30(40)18-7-3-1-4-8-18)32(22)42-26(38)17-27(39)43-33-23-14-12-21(35)16-25(23)37-29(33)31(41)19-9-5-2-6-10-19/h11-16,18-19,36-37H,1-10,17H2. The predicted molar refractivity (Wildman–Crippen MR) is 164 cm³/mol. The number of hydrogen-bond donors (Lipinski definition) is 2. The highest BCUT2D eigenvalue weighted by molar-refractivity contribution is 6.31. The molecule has 0 saturated heterocycles. The SMILES string of the molecule is O=C(CC(=O)Oc1c(C(=O)C2CCCCC2)[nH]c2cc(Cl)ccc12)Oc1c(C(=O)C2CCCCC2)[nH]c2cc(Cl)ccc12. The smallest absolute Gasteiger partial charge is 0.322 e. The molecule has 43 heavy (non-hydrogen) atoms. The van der Waals surface area contributed by atoms with Crippen molar-refractivity contribution in [3.8, 4) is 11.5 Å². The van der Waals surface area contributed by atoms with E-state index in [1.807, 2.05) is 0 Å². The number of aromatic amines is 2. The van der Waals surface area contributed by atoms with Gasteiger partial charge in [-0.2, -0.15) is 0 Å². The van der Waals surface area contributed by atoms with Crippen LogP contribution in [0.5, 0.6) is 11.5 Å². The molecule has 2 aliphatic rings. The van der Waals surface area contributed by atoms with E-state index in [1.165, 1.54) is 0 Å². The molecule has 0 amide bonds. The van der Waals surface area contributed by atoms with Crippen molar-refractivity contribution in [2.45, 2.75) is 70.6 Å². The molecule has 2 aromatic carbocycles. The second-order valence-electron chi connectivity index (χ2n) is 11.6. The van der Waals surface area contributed by atoms with Gasteiger partial charge in [0.05, 0.1) is 11.0 Å². The number of ether oxygens (including phenoxy) is 2.